The average Bonchev–Trinajstić information content (AvgIpc) is 3.47. The molecule has 0 spiro atoms. The van der Waals surface area contributed by atoms with Crippen LogP contribution in [-0.4, -0.2) is 73.0 Å². The fourth-order valence-corrected chi connectivity index (χ4v) is 4.29. The number of nitrogens with zero attached hydrogens (tertiary/aromatic N) is 4. The summed E-state index contributed by atoms with van der Waals surface area (Å²) in [4.78, 5) is 28.0. The van der Waals surface area contributed by atoms with Crippen LogP contribution in [0.2, 0.25) is 0 Å². The number of carbonyl (C=O) groups is 2. The summed E-state index contributed by atoms with van der Waals surface area (Å²) in [5.74, 6) is 1.09. The van der Waals surface area contributed by atoms with Crippen molar-refractivity contribution in [2.75, 3.05) is 41.0 Å². The first-order chi connectivity index (χ1) is 16.5. The molecule has 1 aliphatic carbocycles. The number of carbonyl (C=O) groups excluding carboxylic acids is 2. The van der Waals surface area contributed by atoms with Gasteiger partial charge in [0.05, 0.1) is 38.3 Å². The number of hydrogen-bond donors (Lipinski definition) is 0. The molecule has 1 atom stereocenters. The molecule has 4 rings (SSSR count). The molecule has 1 aromatic heterocycles. The van der Waals surface area contributed by atoms with E-state index in [4.69, 9.17) is 19.3 Å². The predicted octanol–water partition coefficient (Wildman–Crippen LogP) is 2.61. The maximum absolute atomic E-state index is 13.6. The van der Waals surface area contributed by atoms with Gasteiger partial charge in [0, 0.05) is 44.8 Å². The monoisotopic (exact) mass is 468 g/mol. The molecule has 2 amide bonds. The highest BCUT2D eigenvalue weighted by Crippen LogP contribution is 2.39. The molecule has 0 radical (unpaired) electrons. The standard InChI is InChI=1S/C25H32N4O5/c1-27-11-5-6-21(27)20-15-22(19-14-18(33-3)9-10-23(19)34-4)29(26-20)24(30)16-28(12-13-32-2)25(31)17-7-8-17/h5-6,9-11,14,17,22H,7-8,12-13,15-16H2,1-4H3/t22-/m0/s1. The van der Waals surface area contributed by atoms with E-state index in [0.717, 1.165) is 29.8 Å². The third kappa shape index (κ3) is 4.94. The first kappa shape index (κ1) is 23.8. The molecule has 0 saturated heterocycles. The zero-order chi connectivity index (χ0) is 24.2. The summed E-state index contributed by atoms with van der Waals surface area (Å²) in [6, 6.07) is 9.08. The molecule has 1 saturated carbocycles. The molecular weight excluding hydrogens is 436 g/mol. The van der Waals surface area contributed by atoms with Crippen LogP contribution in [0.4, 0.5) is 0 Å². The summed E-state index contributed by atoms with van der Waals surface area (Å²) in [7, 11) is 6.74. The first-order valence-electron chi connectivity index (χ1n) is 11.5. The van der Waals surface area contributed by atoms with E-state index in [2.05, 4.69) is 0 Å². The van der Waals surface area contributed by atoms with E-state index in [1.165, 1.54) is 5.01 Å². The Morgan fingerprint density at radius 1 is 1.15 bits per heavy atom. The summed E-state index contributed by atoms with van der Waals surface area (Å²) in [5, 5.41) is 6.25. The molecule has 9 heteroatoms. The van der Waals surface area contributed by atoms with Crippen molar-refractivity contribution in [1.82, 2.24) is 14.5 Å². The Kier molecular flexibility index (Phi) is 7.21. The molecule has 0 unspecified atom stereocenters. The highest BCUT2D eigenvalue weighted by atomic mass is 16.5. The minimum atomic E-state index is -0.386. The second-order valence-electron chi connectivity index (χ2n) is 8.64. The van der Waals surface area contributed by atoms with E-state index in [1.807, 2.05) is 48.1 Å². The summed E-state index contributed by atoms with van der Waals surface area (Å²) in [6.07, 6.45) is 4.21. The van der Waals surface area contributed by atoms with Crippen LogP contribution in [0.15, 0.2) is 41.6 Å². The van der Waals surface area contributed by atoms with Crippen molar-refractivity contribution in [3.63, 3.8) is 0 Å². The van der Waals surface area contributed by atoms with Crippen LogP contribution in [0.1, 0.15) is 36.6 Å². The molecule has 1 aliphatic heterocycles. The Hall–Kier alpha value is -3.33. The maximum Gasteiger partial charge on any atom is 0.262 e. The lowest BCUT2D eigenvalue weighted by atomic mass is 9.99. The largest absolute Gasteiger partial charge is 0.497 e. The van der Waals surface area contributed by atoms with Gasteiger partial charge in [-0.2, -0.15) is 5.10 Å². The zero-order valence-corrected chi connectivity index (χ0v) is 20.2. The van der Waals surface area contributed by atoms with Crippen LogP contribution in [0.25, 0.3) is 0 Å². The van der Waals surface area contributed by atoms with Gasteiger partial charge in [-0.3, -0.25) is 9.59 Å². The maximum atomic E-state index is 13.6. The van der Waals surface area contributed by atoms with Crippen LogP contribution in [-0.2, 0) is 21.4 Å². The summed E-state index contributed by atoms with van der Waals surface area (Å²) in [5.41, 5.74) is 2.54. The van der Waals surface area contributed by atoms with Gasteiger partial charge in [-0.25, -0.2) is 5.01 Å². The fourth-order valence-electron chi connectivity index (χ4n) is 4.29. The Labute approximate surface area is 199 Å². The molecule has 2 aliphatic rings. The molecular formula is C25H32N4O5. The van der Waals surface area contributed by atoms with Crippen LogP contribution >= 0.6 is 0 Å². The lowest BCUT2D eigenvalue weighted by molar-refractivity contribution is -0.142. The number of amides is 2. The number of benzene rings is 1. The van der Waals surface area contributed by atoms with Crippen LogP contribution < -0.4 is 9.47 Å². The highest BCUT2D eigenvalue weighted by molar-refractivity contribution is 6.02. The van der Waals surface area contributed by atoms with Crippen molar-refractivity contribution in [2.45, 2.75) is 25.3 Å². The lowest BCUT2D eigenvalue weighted by Crippen LogP contribution is -2.43. The molecule has 34 heavy (non-hydrogen) atoms. The number of aryl methyl sites for hydroxylation is 1. The molecule has 2 aromatic rings. The SMILES string of the molecule is COCCN(CC(=O)N1N=C(c2cccn2C)C[C@H]1c1cc(OC)ccc1OC)C(=O)C1CC1. The third-order valence-electron chi connectivity index (χ3n) is 6.33. The fraction of sp³-hybridized carbons (Fsp3) is 0.480. The minimum absolute atomic E-state index is 0.00625. The molecule has 0 N–H and O–H groups in total. The van der Waals surface area contributed by atoms with Crippen molar-refractivity contribution in [3.8, 4) is 11.5 Å². The number of hydrogen-bond acceptors (Lipinski definition) is 6. The summed E-state index contributed by atoms with van der Waals surface area (Å²) < 4.78 is 18.2. The number of methoxy groups -OCH3 is 3. The Balaban J connectivity index is 1.66. The van der Waals surface area contributed by atoms with E-state index in [1.54, 1.807) is 26.2 Å². The van der Waals surface area contributed by atoms with Gasteiger partial charge < -0.3 is 23.7 Å². The van der Waals surface area contributed by atoms with Crippen molar-refractivity contribution in [3.05, 3.63) is 47.8 Å². The number of rotatable bonds is 10. The van der Waals surface area contributed by atoms with Gasteiger partial charge >= 0.3 is 0 Å². The van der Waals surface area contributed by atoms with E-state index in [-0.39, 0.29) is 30.3 Å². The van der Waals surface area contributed by atoms with Crippen molar-refractivity contribution in [1.29, 1.82) is 0 Å². The molecule has 9 nitrogen and oxygen atoms in total. The summed E-state index contributed by atoms with van der Waals surface area (Å²) in [6.45, 7) is 0.690. The molecule has 2 heterocycles. The molecule has 1 fully saturated rings. The number of ether oxygens (including phenoxy) is 3. The minimum Gasteiger partial charge on any atom is -0.497 e. The van der Waals surface area contributed by atoms with Crippen molar-refractivity contribution < 1.29 is 23.8 Å². The normalized spacial score (nSPS) is 17.5. The summed E-state index contributed by atoms with van der Waals surface area (Å²) >= 11 is 0. The second-order valence-corrected chi connectivity index (χ2v) is 8.64. The second kappa shape index (κ2) is 10.3. The Bertz CT molecular complexity index is 1080. The zero-order valence-electron chi connectivity index (χ0n) is 20.2. The smallest absolute Gasteiger partial charge is 0.262 e. The number of hydrazone groups is 1. The van der Waals surface area contributed by atoms with Gasteiger partial charge in [-0.1, -0.05) is 0 Å². The van der Waals surface area contributed by atoms with Crippen LogP contribution in [0.5, 0.6) is 11.5 Å². The molecule has 182 valence electrons. The van der Waals surface area contributed by atoms with Crippen LogP contribution in [0.3, 0.4) is 0 Å². The van der Waals surface area contributed by atoms with E-state index in [0.29, 0.717) is 31.1 Å². The van der Waals surface area contributed by atoms with Crippen LogP contribution in [0, 0.1) is 5.92 Å². The van der Waals surface area contributed by atoms with Gasteiger partial charge in [0.2, 0.25) is 5.91 Å². The van der Waals surface area contributed by atoms with Crippen molar-refractivity contribution >= 4 is 17.5 Å². The van der Waals surface area contributed by atoms with Crippen molar-refractivity contribution in [2.24, 2.45) is 18.1 Å². The van der Waals surface area contributed by atoms with E-state index < -0.39 is 0 Å². The third-order valence-corrected chi connectivity index (χ3v) is 6.33. The van der Waals surface area contributed by atoms with E-state index >= 15 is 0 Å². The van der Waals surface area contributed by atoms with Gasteiger partial charge in [-0.15, -0.1) is 0 Å². The average molecular weight is 469 g/mol. The molecule has 0 bridgehead atoms. The van der Waals surface area contributed by atoms with Gasteiger partial charge in [0.15, 0.2) is 0 Å². The molecule has 1 aromatic carbocycles. The first-order valence-corrected chi connectivity index (χ1v) is 11.5. The predicted molar refractivity (Wildman–Crippen MR) is 127 cm³/mol. The Morgan fingerprint density at radius 2 is 1.94 bits per heavy atom. The quantitative estimate of drug-likeness (QED) is 0.535. The Morgan fingerprint density at radius 3 is 2.56 bits per heavy atom. The van der Waals surface area contributed by atoms with Gasteiger partial charge in [0.25, 0.3) is 5.91 Å². The van der Waals surface area contributed by atoms with Gasteiger partial charge in [-0.05, 0) is 43.2 Å². The topological polar surface area (TPSA) is 85.6 Å². The highest BCUT2D eigenvalue weighted by Gasteiger charge is 2.39. The number of aromatic nitrogens is 1. The van der Waals surface area contributed by atoms with Gasteiger partial charge in [0.1, 0.15) is 18.0 Å². The van der Waals surface area contributed by atoms with E-state index in [9.17, 15) is 9.59 Å². The lowest BCUT2D eigenvalue weighted by Gasteiger charge is -2.27.